The van der Waals surface area contributed by atoms with Crippen molar-refractivity contribution in [2.24, 2.45) is 0 Å². The molecule has 1 aromatic heterocycles. The van der Waals surface area contributed by atoms with Crippen molar-refractivity contribution in [2.75, 3.05) is 4.90 Å². The first kappa shape index (κ1) is 35.2. The third-order valence-corrected chi connectivity index (χ3v) is 11.7. The number of hydrogen-bond donors (Lipinski definition) is 0. The average molecular weight is 766 g/mol. The number of fused-ring (bicyclic) bond motifs is 4. The van der Waals surface area contributed by atoms with Crippen LogP contribution in [0.4, 0.5) is 17.1 Å². The minimum atomic E-state index is 0.858. The summed E-state index contributed by atoms with van der Waals surface area (Å²) in [7, 11) is 0. The molecule has 0 N–H and O–H groups in total. The van der Waals surface area contributed by atoms with E-state index in [1.54, 1.807) is 0 Å². The fourth-order valence-electron chi connectivity index (χ4n) is 8.75. The first-order chi connectivity index (χ1) is 29.7. The lowest BCUT2D eigenvalue weighted by molar-refractivity contribution is 0.632. The van der Waals surface area contributed by atoms with Gasteiger partial charge in [0.2, 0.25) is 0 Å². The minimum Gasteiger partial charge on any atom is -0.455 e. The van der Waals surface area contributed by atoms with Crippen molar-refractivity contribution in [2.45, 2.75) is 0 Å². The van der Waals surface area contributed by atoms with Gasteiger partial charge in [-0.25, -0.2) is 0 Å². The monoisotopic (exact) mass is 765 g/mol. The molecular formula is C58H39NO. The van der Waals surface area contributed by atoms with Gasteiger partial charge in [0.15, 0.2) is 0 Å². The highest BCUT2D eigenvalue weighted by atomic mass is 16.3. The van der Waals surface area contributed by atoms with Crippen molar-refractivity contribution in [3.05, 3.63) is 237 Å². The predicted octanol–water partition coefficient (Wildman–Crippen LogP) is 16.5. The molecular weight excluding hydrogens is 727 g/mol. The van der Waals surface area contributed by atoms with E-state index in [1.165, 1.54) is 54.9 Å². The van der Waals surface area contributed by atoms with Crippen molar-refractivity contribution in [3.63, 3.8) is 0 Å². The highest BCUT2D eigenvalue weighted by Gasteiger charge is 2.20. The molecule has 2 heteroatoms. The van der Waals surface area contributed by atoms with E-state index in [0.29, 0.717) is 0 Å². The van der Waals surface area contributed by atoms with Gasteiger partial charge in [-0.1, -0.05) is 188 Å². The van der Waals surface area contributed by atoms with Crippen molar-refractivity contribution in [1.29, 1.82) is 0 Å². The zero-order chi connectivity index (χ0) is 39.8. The molecule has 2 nitrogen and oxygen atoms in total. The zero-order valence-corrected chi connectivity index (χ0v) is 32.9. The predicted molar refractivity (Wildman–Crippen MR) is 253 cm³/mol. The molecule has 0 aliphatic carbocycles. The molecule has 1 heterocycles. The van der Waals surface area contributed by atoms with Crippen molar-refractivity contribution < 1.29 is 4.42 Å². The number of nitrogens with zero attached hydrogens (tertiary/aromatic N) is 1. The van der Waals surface area contributed by atoms with E-state index in [2.05, 4.69) is 235 Å². The van der Waals surface area contributed by atoms with Crippen LogP contribution in [0.5, 0.6) is 0 Å². The maximum Gasteiger partial charge on any atom is 0.143 e. The molecule has 0 aliphatic rings. The SMILES string of the molecule is c1ccc(-c2ccc(-c3ccc(N(c4ccc(-c5cc6ccccc6c6ccccc56)cc4)c4cccc(-c5oc6ccccc6c5-c5ccccc5)c4)cc3)cc2)cc1. The number of benzene rings is 10. The van der Waals surface area contributed by atoms with Gasteiger partial charge in [0, 0.05) is 33.6 Å². The quantitative estimate of drug-likeness (QED) is 0.143. The van der Waals surface area contributed by atoms with Crippen LogP contribution in [-0.2, 0) is 0 Å². The minimum absolute atomic E-state index is 0.858. The van der Waals surface area contributed by atoms with Crippen LogP contribution in [0.3, 0.4) is 0 Å². The maximum absolute atomic E-state index is 6.70. The molecule has 10 aromatic carbocycles. The average Bonchev–Trinajstić information content (AvgIpc) is 3.73. The standard InChI is InChI=1S/C58H39NO/c1-3-14-40(15-4-1)41-26-28-42(29-27-41)43-30-34-48(35-31-43)59(49-36-32-44(33-37-49)55-39-46-18-7-8-21-51(46)52-22-9-10-23-53(52)55)50-20-13-19-47(38-50)58-57(45-16-5-2-6-17-45)54-24-11-12-25-56(54)60-58/h1-39H. The van der Waals surface area contributed by atoms with Crippen LogP contribution in [0.2, 0.25) is 0 Å². The Bertz CT molecular complexity index is 3270. The molecule has 0 amide bonds. The Labute approximate surface area is 349 Å². The number of para-hydroxylation sites is 1. The summed E-state index contributed by atoms with van der Waals surface area (Å²) in [4.78, 5) is 2.35. The van der Waals surface area contributed by atoms with Gasteiger partial charge >= 0.3 is 0 Å². The number of hydrogen-bond acceptors (Lipinski definition) is 2. The van der Waals surface area contributed by atoms with Gasteiger partial charge in [0.1, 0.15) is 11.3 Å². The first-order valence-corrected chi connectivity index (χ1v) is 20.5. The summed E-state index contributed by atoms with van der Waals surface area (Å²) in [6, 6.07) is 84.7. The molecule has 0 atom stereocenters. The summed E-state index contributed by atoms with van der Waals surface area (Å²) in [5, 5.41) is 6.13. The smallest absolute Gasteiger partial charge is 0.143 e. The Morgan fingerprint density at radius 3 is 1.43 bits per heavy atom. The molecule has 0 radical (unpaired) electrons. The molecule has 0 unspecified atom stereocenters. The molecule has 0 aliphatic heterocycles. The van der Waals surface area contributed by atoms with Crippen molar-refractivity contribution in [3.8, 4) is 55.8 Å². The fourth-order valence-corrected chi connectivity index (χ4v) is 8.75. The van der Waals surface area contributed by atoms with E-state index in [9.17, 15) is 0 Å². The van der Waals surface area contributed by atoms with Crippen LogP contribution in [0.1, 0.15) is 0 Å². The Morgan fingerprint density at radius 1 is 0.283 bits per heavy atom. The highest BCUT2D eigenvalue weighted by Crippen LogP contribution is 2.44. The molecule has 0 saturated carbocycles. The number of anilines is 3. The lowest BCUT2D eigenvalue weighted by Gasteiger charge is -2.26. The number of rotatable bonds is 8. The molecule has 0 spiro atoms. The van der Waals surface area contributed by atoms with Gasteiger partial charge in [-0.15, -0.1) is 0 Å². The molecule has 11 aromatic rings. The molecule has 0 bridgehead atoms. The van der Waals surface area contributed by atoms with E-state index < -0.39 is 0 Å². The Morgan fingerprint density at radius 2 is 0.767 bits per heavy atom. The van der Waals surface area contributed by atoms with Crippen LogP contribution in [0, 0.1) is 0 Å². The Balaban J connectivity index is 1.02. The summed E-state index contributed by atoms with van der Waals surface area (Å²) < 4.78 is 6.70. The van der Waals surface area contributed by atoms with Gasteiger partial charge in [-0.2, -0.15) is 0 Å². The van der Waals surface area contributed by atoms with Crippen molar-refractivity contribution in [1.82, 2.24) is 0 Å². The summed E-state index contributed by atoms with van der Waals surface area (Å²) in [5.41, 5.74) is 14.5. The molecule has 0 saturated heterocycles. The third kappa shape index (κ3) is 6.41. The van der Waals surface area contributed by atoms with Gasteiger partial charge in [-0.3, -0.25) is 0 Å². The van der Waals surface area contributed by atoms with Crippen LogP contribution in [0.25, 0.3) is 88.3 Å². The summed E-state index contributed by atoms with van der Waals surface area (Å²) in [6.45, 7) is 0. The van der Waals surface area contributed by atoms with E-state index in [0.717, 1.165) is 50.5 Å². The summed E-state index contributed by atoms with van der Waals surface area (Å²) in [5.74, 6) is 0.858. The van der Waals surface area contributed by atoms with Gasteiger partial charge in [-0.05, 0) is 109 Å². The largest absolute Gasteiger partial charge is 0.455 e. The number of furan rings is 1. The second-order valence-electron chi connectivity index (χ2n) is 15.3. The molecule has 11 rings (SSSR count). The first-order valence-electron chi connectivity index (χ1n) is 20.5. The topological polar surface area (TPSA) is 16.4 Å². The van der Waals surface area contributed by atoms with Crippen LogP contribution < -0.4 is 4.90 Å². The van der Waals surface area contributed by atoms with Crippen LogP contribution in [0.15, 0.2) is 241 Å². The molecule has 60 heavy (non-hydrogen) atoms. The second kappa shape index (κ2) is 15.1. The maximum atomic E-state index is 6.70. The zero-order valence-electron chi connectivity index (χ0n) is 32.9. The lowest BCUT2D eigenvalue weighted by atomic mass is 9.93. The van der Waals surface area contributed by atoms with E-state index in [4.69, 9.17) is 4.42 Å². The Hall–Kier alpha value is -7.94. The van der Waals surface area contributed by atoms with Crippen LogP contribution >= 0.6 is 0 Å². The van der Waals surface area contributed by atoms with Gasteiger partial charge in [0.25, 0.3) is 0 Å². The normalized spacial score (nSPS) is 11.3. The van der Waals surface area contributed by atoms with Crippen LogP contribution in [-0.4, -0.2) is 0 Å². The van der Waals surface area contributed by atoms with E-state index in [-0.39, 0.29) is 0 Å². The molecule has 282 valence electrons. The summed E-state index contributed by atoms with van der Waals surface area (Å²) >= 11 is 0. The van der Waals surface area contributed by atoms with E-state index >= 15 is 0 Å². The Kier molecular flexibility index (Phi) is 8.87. The summed E-state index contributed by atoms with van der Waals surface area (Å²) in [6.07, 6.45) is 0. The second-order valence-corrected chi connectivity index (χ2v) is 15.3. The van der Waals surface area contributed by atoms with Gasteiger partial charge in [0.05, 0.1) is 0 Å². The third-order valence-electron chi connectivity index (χ3n) is 11.7. The van der Waals surface area contributed by atoms with Crippen molar-refractivity contribution >= 4 is 49.6 Å². The fraction of sp³-hybridized carbons (Fsp3) is 0. The molecule has 0 fully saturated rings. The lowest BCUT2D eigenvalue weighted by Crippen LogP contribution is -2.10. The van der Waals surface area contributed by atoms with Gasteiger partial charge < -0.3 is 9.32 Å². The van der Waals surface area contributed by atoms with E-state index in [1.807, 2.05) is 6.07 Å². The highest BCUT2D eigenvalue weighted by molar-refractivity contribution is 6.13.